The van der Waals surface area contributed by atoms with Gasteiger partial charge >= 0.3 is 0 Å². The van der Waals surface area contributed by atoms with E-state index in [1.807, 2.05) is 18.2 Å². The zero-order valence-electron chi connectivity index (χ0n) is 12.2. The van der Waals surface area contributed by atoms with E-state index >= 15 is 0 Å². The Balaban J connectivity index is 0.00000220. The van der Waals surface area contributed by atoms with Gasteiger partial charge in [-0.1, -0.05) is 6.08 Å². The van der Waals surface area contributed by atoms with Crippen LogP contribution >= 0.6 is 24.0 Å². The molecule has 1 fully saturated rings. The molecule has 1 aliphatic heterocycles. The Morgan fingerprint density at radius 2 is 2.38 bits per heavy atom. The van der Waals surface area contributed by atoms with E-state index in [0.717, 1.165) is 50.9 Å². The number of furan rings is 1. The predicted molar refractivity (Wildman–Crippen MR) is 95.3 cm³/mol. The quantitative estimate of drug-likeness (QED) is 0.316. The largest absolute Gasteiger partial charge is 0.469 e. The molecule has 5 nitrogen and oxygen atoms in total. The van der Waals surface area contributed by atoms with Crippen molar-refractivity contribution in [3.8, 4) is 0 Å². The van der Waals surface area contributed by atoms with Crippen LogP contribution in [0.5, 0.6) is 0 Å². The lowest BCUT2D eigenvalue weighted by atomic mass is 10.1. The molecule has 1 aromatic heterocycles. The highest BCUT2D eigenvalue weighted by molar-refractivity contribution is 14.0. The Kier molecular flexibility index (Phi) is 9.16. The molecule has 2 rings (SSSR count). The van der Waals surface area contributed by atoms with Crippen molar-refractivity contribution in [1.29, 1.82) is 0 Å². The minimum Gasteiger partial charge on any atom is -0.469 e. The van der Waals surface area contributed by atoms with E-state index in [1.54, 1.807) is 6.26 Å². The molecule has 0 spiro atoms. The van der Waals surface area contributed by atoms with Crippen molar-refractivity contribution in [3.05, 3.63) is 36.8 Å². The topological polar surface area (TPSA) is 58.8 Å². The first-order chi connectivity index (χ1) is 9.88. The number of hydrogen-bond donors (Lipinski definition) is 2. The second kappa shape index (κ2) is 10.7. The number of ether oxygens (including phenoxy) is 1. The van der Waals surface area contributed by atoms with Gasteiger partial charge in [0.15, 0.2) is 5.96 Å². The standard InChI is InChI=1S/C15H23N3O2.HI/c1-2-7-16-15(18-11-13-6-10-19-12-13)17-8-5-14-4-3-9-20-14;/h2-4,9,13H,1,5-8,10-12H2,(H2,16,17,18);1H. The van der Waals surface area contributed by atoms with Crippen molar-refractivity contribution in [1.82, 2.24) is 10.6 Å². The van der Waals surface area contributed by atoms with Gasteiger partial charge in [-0.2, -0.15) is 0 Å². The van der Waals surface area contributed by atoms with Gasteiger partial charge in [0.1, 0.15) is 5.76 Å². The Morgan fingerprint density at radius 3 is 3.05 bits per heavy atom. The van der Waals surface area contributed by atoms with Gasteiger partial charge in [-0.3, -0.25) is 4.99 Å². The molecule has 0 saturated carbocycles. The van der Waals surface area contributed by atoms with Gasteiger partial charge in [0.2, 0.25) is 0 Å². The highest BCUT2D eigenvalue weighted by Gasteiger charge is 2.15. The van der Waals surface area contributed by atoms with E-state index in [9.17, 15) is 0 Å². The summed E-state index contributed by atoms with van der Waals surface area (Å²) >= 11 is 0. The van der Waals surface area contributed by atoms with Gasteiger partial charge in [-0.15, -0.1) is 30.6 Å². The molecule has 21 heavy (non-hydrogen) atoms. The summed E-state index contributed by atoms with van der Waals surface area (Å²) in [5.74, 6) is 2.34. The number of nitrogens with zero attached hydrogens (tertiary/aromatic N) is 1. The monoisotopic (exact) mass is 405 g/mol. The van der Waals surface area contributed by atoms with Crippen molar-refractivity contribution < 1.29 is 9.15 Å². The molecular weight excluding hydrogens is 381 g/mol. The summed E-state index contributed by atoms with van der Waals surface area (Å²) in [5.41, 5.74) is 0. The van der Waals surface area contributed by atoms with Crippen LogP contribution in [0.3, 0.4) is 0 Å². The molecule has 0 aliphatic carbocycles. The minimum atomic E-state index is 0. The van der Waals surface area contributed by atoms with Crippen molar-refractivity contribution in [3.63, 3.8) is 0 Å². The van der Waals surface area contributed by atoms with Crippen molar-refractivity contribution in [2.75, 3.05) is 32.8 Å². The van der Waals surface area contributed by atoms with E-state index in [-0.39, 0.29) is 24.0 Å². The van der Waals surface area contributed by atoms with Gasteiger partial charge in [0.25, 0.3) is 0 Å². The summed E-state index contributed by atoms with van der Waals surface area (Å²) in [4.78, 5) is 4.60. The number of hydrogen-bond acceptors (Lipinski definition) is 3. The van der Waals surface area contributed by atoms with Crippen LogP contribution in [-0.2, 0) is 11.2 Å². The van der Waals surface area contributed by atoms with Crippen LogP contribution < -0.4 is 10.6 Å². The normalized spacial score (nSPS) is 18.1. The molecule has 2 heterocycles. The fourth-order valence-corrected chi connectivity index (χ4v) is 2.05. The molecule has 1 aromatic rings. The zero-order valence-corrected chi connectivity index (χ0v) is 14.5. The summed E-state index contributed by atoms with van der Waals surface area (Å²) in [6.07, 6.45) is 5.46. The maximum atomic E-state index is 5.36. The smallest absolute Gasteiger partial charge is 0.191 e. The highest BCUT2D eigenvalue weighted by Crippen LogP contribution is 2.11. The molecule has 118 valence electrons. The third kappa shape index (κ3) is 6.99. The SMILES string of the molecule is C=CCNC(=NCC1CCOC1)NCCc1ccco1.I. The molecule has 2 N–H and O–H groups in total. The van der Waals surface area contributed by atoms with Crippen LogP contribution in [0.25, 0.3) is 0 Å². The third-order valence-corrected chi connectivity index (χ3v) is 3.19. The molecule has 1 unspecified atom stereocenters. The molecule has 0 bridgehead atoms. The van der Waals surface area contributed by atoms with Crippen LogP contribution in [0.15, 0.2) is 40.5 Å². The fraction of sp³-hybridized carbons (Fsp3) is 0.533. The lowest BCUT2D eigenvalue weighted by molar-refractivity contribution is 0.187. The van der Waals surface area contributed by atoms with Gasteiger partial charge in [0.05, 0.1) is 12.9 Å². The second-order valence-electron chi connectivity index (χ2n) is 4.84. The summed E-state index contributed by atoms with van der Waals surface area (Å²) in [5, 5.41) is 6.53. The van der Waals surface area contributed by atoms with Gasteiger partial charge < -0.3 is 19.8 Å². The maximum Gasteiger partial charge on any atom is 0.191 e. The number of nitrogens with one attached hydrogen (secondary N) is 2. The number of halogens is 1. The van der Waals surface area contributed by atoms with E-state index < -0.39 is 0 Å². The third-order valence-electron chi connectivity index (χ3n) is 3.19. The van der Waals surface area contributed by atoms with Gasteiger partial charge in [-0.05, 0) is 18.6 Å². The lowest BCUT2D eigenvalue weighted by Gasteiger charge is -2.12. The lowest BCUT2D eigenvalue weighted by Crippen LogP contribution is -2.38. The van der Waals surface area contributed by atoms with Crippen LogP contribution in [0, 0.1) is 5.92 Å². The molecule has 1 atom stereocenters. The first kappa shape index (κ1) is 18.0. The molecule has 6 heteroatoms. The number of aliphatic imine (C=N–C) groups is 1. The van der Waals surface area contributed by atoms with Gasteiger partial charge in [0, 0.05) is 38.6 Å². The van der Waals surface area contributed by atoms with Crippen molar-refractivity contribution in [2.24, 2.45) is 10.9 Å². The summed E-state index contributed by atoms with van der Waals surface area (Å²) < 4.78 is 10.7. The average Bonchev–Trinajstić information content (AvgIpc) is 3.14. The van der Waals surface area contributed by atoms with Crippen LogP contribution in [0.1, 0.15) is 12.2 Å². The molecule has 0 radical (unpaired) electrons. The Bertz CT molecular complexity index is 415. The summed E-state index contributed by atoms with van der Waals surface area (Å²) in [6, 6.07) is 3.88. The Hall–Kier alpha value is -1.02. The first-order valence-electron chi connectivity index (χ1n) is 7.11. The maximum absolute atomic E-state index is 5.36. The molecule has 1 aliphatic rings. The van der Waals surface area contributed by atoms with Crippen LogP contribution in [0.2, 0.25) is 0 Å². The van der Waals surface area contributed by atoms with E-state index in [4.69, 9.17) is 9.15 Å². The summed E-state index contributed by atoms with van der Waals surface area (Å²) in [7, 11) is 0. The molecular formula is C15H24IN3O2. The van der Waals surface area contributed by atoms with Crippen molar-refractivity contribution >= 4 is 29.9 Å². The average molecular weight is 405 g/mol. The minimum absolute atomic E-state index is 0. The first-order valence-corrected chi connectivity index (χ1v) is 7.11. The second-order valence-corrected chi connectivity index (χ2v) is 4.84. The number of rotatable bonds is 7. The zero-order chi connectivity index (χ0) is 14.0. The Morgan fingerprint density at radius 1 is 1.48 bits per heavy atom. The predicted octanol–water partition coefficient (Wildman–Crippen LogP) is 2.20. The fourth-order valence-electron chi connectivity index (χ4n) is 2.05. The highest BCUT2D eigenvalue weighted by atomic mass is 127. The molecule has 0 amide bonds. The van der Waals surface area contributed by atoms with E-state index in [0.29, 0.717) is 12.5 Å². The van der Waals surface area contributed by atoms with E-state index in [1.165, 1.54) is 0 Å². The van der Waals surface area contributed by atoms with Crippen LogP contribution in [0.4, 0.5) is 0 Å². The van der Waals surface area contributed by atoms with Crippen LogP contribution in [-0.4, -0.2) is 38.8 Å². The van der Waals surface area contributed by atoms with E-state index in [2.05, 4.69) is 22.2 Å². The van der Waals surface area contributed by atoms with Gasteiger partial charge in [-0.25, -0.2) is 0 Å². The summed E-state index contributed by atoms with van der Waals surface area (Å²) in [6.45, 7) is 7.69. The molecule has 1 saturated heterocycles. The Labute approximate surface area is 143 Å². The van der Waals surface area contributed by atoms with Crippen molar-refractivity contribution in [2.45, 2.75) is 12.8 Å². The number of guanidine groups is 1. The molecule has 0 aromatic carbocycles.